The highest BCUT2D eigenvalue weighted by Gasteiger charge is 2.38. The van der Waals surface area contributed by atoms with Gasteiger partial charge in [0.05, 0.1) is 5.54 Å². The Bertz CT molecular complexity index is 458. The molecule has 112 valence electrons. The molecule has 0 saturated heterocycles. The lowest BCUT2D eigenvalue weighted by Gasteiger charge is -2.43. The molecule has 0 aromatic heterocycles. The molecule has 2 nitrogen and oxygen atoms in total. The van der Waals surface area contributed by atoms with Gasteiger partial charge in [0.2, 0.25) is 0 Å². The predicted molar refractivity (Wildman–Crippen MR) is 83.5 cm³/mol. The molecule has 20 heavy (non-hydrogen) atoms. The van der Waals surface area contributed by atoms with Crippen LogP contribution in [0.4, 0.5) is 10.1 Å². The summed E-state index contributed by atoms with van der Waals surface area (Å²) in [5, 5.41) is 0. The lowest BCUT2D eigenvalue weighted by atomic mass is 9.83. The predicted octanol–water partition coefficient (Wildman–Crippen LogP) is 3.95. The Morgan fingerprint density at radius 3 is 2.60 bits per heavy atom. The van der Waals surface area contributed by atoms with Crippen molar-refractivity contribution >= 4 is 5.69 Å². The van der Waals surface area contributed by atoms with E-state index in [1.54, 1.807) is 12.1 Å². The molecule has 1 aromatic carbocycles. The first-order valence-electron chi connectivity index (χ1n) is 7.58. The summed E-state index contributed by atoms with van der Waals surface area (Å²) in [6, 6.07) is 6.83. The van der Waals surface area contributed by atoms with Gasteiger partial charge >= 0.3 is 0 Å². The number of likely N-dealkylation sites (N-methyl/N-ethyl adjacent to an activating group) is 1. The lowest BCUT2D eigenvalue weighted by Crippen LogP contribution is -2.52. The quantitative estimate of drug-likeness (QED) is 0.848. The van der Waals surface area contributed by atoms with Crippen LogP contribution in [0.5, 0.6) is 0 Å². The van der Waals surface area contributed by atoms with Gasteiger partial charge in [-0.3, -0.25) is 0 Å². The van der Waals surface area contributed by atoms with E-state index in [1.807, 2.05) is 6.07 Å². The Morgan fingerprint density at radius 1 is 1.20 bits per heavy atom. The van der Waals surface area contributed by atoms with Gasteiger partial charge in [-0.05, 0) is 49.3 Å². The number of anilines is 1. The zero-order chi connectivity index (χ0) is 14.8. The Kier molecular flexibility index (Phi) is 4.38. The third-order valence-electron chi connectivity index (χ3n) is 5.05. The zero-order valence-corrected chi connectivity index (χ0v) is 13.0. The van der Waals surface area contributed by atoms with Crippen LogP contribution in [0.1, 0.15) is 46.0 Å². The molecule has 1 unspecified atom stereocenters. The second kappa shape index (κ2) is 5.72. The van der Waals surface area contributed by atoms with Crippen molar-refractivity contribution in [2.24, 2.45) is 11.1 Å². The molecular weight excluding hydrogens is 251 g/mol. The number of benzene rings is 1. The summed E-state index contributed by atoms with van der Waals surface area (Å²) in [5.41, 5.74) is 7.41. The van der Waals surface area contributed by atoms with Gasteiger partial charge < -0.3 is 10.6 Å². The average molecular weight is 278 g/mol. The largest absolute Gasteiger partial charge is 0.368 e. The number of rotatable bonds is 3. The van der Waals surface area contributed by atoms with Gasteiger partial charge in [0.25, 0.3) is 0 Å². The SMILES string of the molecule is CN(c1cccc(F)c1)C1(CN)CCCC(C)(C)CC1. The van der Waals surface area contributed by atoms with Crippen molar-refractivity contribution in [3.05, 3.63) is 30.1 Å². The average Bonchev–Trinajstić information content (AvgIpc) is 2.57. The normalized spacial score (nSPS) is 26.1. The fraction of sp³-hybridized carbons (Fsp3) is 0.647. The van der Waals surface area contributed by atoms with Crippen molar-refractivity contribution in [2.75, 3.05) is 18.5 Å². The van der Waals surface area contributed by atoms with Crippen LogP contribution in [0, 0.1) is 11.2 Å². The topological polar surface area (TPSA) is 29.3 Å². The third kappa shape index (κ3) is 3.14. The molecule has 3 heteroatoms. The van der Waals surface area contributed by atoms with Crippen LogP contribution in [0.3, 0.4) is 0 Å². The van der Waals surface area contributed by atoms with Crippen LogP contribution in [0.2, 0.25) is 0 Å². The number of nitrogens with zero attached hydrogens (tertiary/aromatic N) is 1. The number of hydrogen-bond acceptors (Lipinski definition) is 2. The summed E-state index contributed by atoms with van der Waals surface area (Å²) in [7, 11) is 2.06. The van der Waals surface area contributed by atoms with Crippen molar-refractivity contribution in [1.29, 1.82) is 0 Å². The van der Waals surface area contributed by atoms with Gasteiger partial charge in [-0.25, -0.2) is 4.39 Å². The highest BCUT2D eigenvalue weighted by Crippen LogP contribution is 2.41. The van der Waals surface area contributed by atoms with Gasteiger partial charge in [-0.1, -0.05) is 26.3 Å². The highest BCUT2D eigenvalue weighted by molar-refractivity contribution is 5.48. The van der Waals surface area contributed by atoms with Crippen molar-refractivity contribution in [3.63, 3.8) is 0 Å². The Labute approximate surface area is 122 Å². The molecule has 2 N–H and O–H groups in total. The number of halogens is 1. The summed E-state index contributed by atoms with van der Waals surface area (Å²) in [6.45, 7) is 5.29. The molecular formula is C17H27FN2. The Hall–Kier alpha value is -1.09. The second-order valence-electron chi connectivity index (χ2n) is 6.99. The van der Waals surface area contributed by atoms with E-state index in [-0.39, 0.29) is 11.4 Å². The third-order valence-corrected chi connectivity index (χ3v) is 5.05. The first-order chi connectivity index (χ1) is 9.38. The zero-order valence-electron chi connectivity index (χ0n) is 13.0. The summed E-state index contributed by atoms with van der Waals surface area (Å²) in [5.74, 6) is -0.185. The molecule has 0 amide bonds. The monoisotopic (exact) mass is 278 g/mol. The van der Waals surface area contributed by atoms with Crippen LogP contribution >= 0.6 is 0 Å². The van der Waals surface area contributed by atoms with Crippen LogP contribution < -0.4 is 10.6 Å². The summed E-state index contributed by atoms with van der Waals surface area (Å²) in [4.78, 5) is 2.21. The minimum atomic E-state index is -0.185. The van der Waals surface area contributed by atoms with Crippen LogP contribution in [0.15, 0.2) is 24.3 Å². The van der Waals surface area contributed by atoms with Crippen molar-refractivity contribution < 1.29 is 4.39 Å². The summed E-state index contributed by atoms with van der Waals surface area (Å²) >= 11 is 0. The molecule has 0 bridgehead atoms. The first-order valence-corrected chi connectivity index (χ1v) is 7.58. The van der Waals surface area contributed by atoms with Crippen LogP contribution in [-0.4, -0.2) is 19.1 Å². The molecule has 0 radical (unpaired) electrons. The van der Waals surface area contributed by atoms with E-state index in [0.717, 1.165) is 18.5 Å². The fourth-order valence-corrected chi connectivity index (χ4v) is 3.35. The Morgan fingerprint density at radius 2 is 1.95 bits per heavy atom. The molecule has 0 heterocycles. The standard InChI is InChI=1S/C17H27FN2/c1-16(2)8-5-9-17(13-19,11-10-16)20(3)15-7-4-6-14(18)12-15/h4,6-7,12H,5,8-11,13,19H2,1-3H3. The van der Waals surface area contributed by atoms with Gasteiger partial charge in [-0.2, -0.15) is 0 Å². The van der Waals surface area contributed by atoms with Crippen LogP contribution in [0.25, 0.3) is 0 Å². The molecule has 0 aliphatic heterocycles. The minimum absolute atomic E-state index is 0.0401. The van der Waals surface area contributed by atoms with Gasteiger partial charge in [0, 0.05) is 19.3 Å². The second-order valence-corrected chi connectivity index (χ2v) is 6.99. The van der Waals surface area contributed by atoms with Gasteiger partial charge in [-0.15, -0.1) is 0 Å². The first kappa shape index (κ1) is 15.3. The van der Waals surface area contributed by atoms with E-state index < -0.39 is 0 Å². The Balaban J connectivity index is 2.26. The molecule has 1 aliphatic carbocycles. The maximum Gasteiger partial charge on any atom is 0.125 e. The molecule has 0 spiro atoms. The molecule has 1 aliphatic rings. The molecule has 1 aromatic rings. The van der Waals surface area contributed by atoms with E-state index in [9.17, 15) is 4.39 Å². The number of nitrogens with two attached hydrogens (primary N) is 1. The summed E-state index contributed by atoms with van der Waals surface area (Å²) in [6.07, 6.45) is 5.75. The summed E-state index contributed by atoms with van der Waals surface area (Å²) < 4.78 is 13.5. The minimum Gasteiger partial charge on any atom is -0.368 e. The van der Waals surface area contributed by atoms with Gasteiger partial charge in [0.1, 0.15) is 5.82 Å². The van der Waals surface area contributed by atoms with Crippen molar-refractivity contribution in [2.45, 2.75) is 51.5 Å². The van der Waals surface area contributed by atoms with Crippen molar-refractivity contribution in [3.8, 4) is 0 Å². The van der Waals surface area contributed by atoms with E-state index in [2.05, 4.69) is 25.8 Å². The molecule has 1 atom stereocenters. The highest BCUT2D eigenvalue weighted by atomic mass is 19.1. The maximum atomic E-state index is 13.5. The van der Waals surface area contributed by atoms with Gasteiger partial charge in [0.15, 0.2) is 0 Å². The maximum absolute atomic E-state index is 13.5. The van der Waals surface area contributed by atoms with E-state index in [0.29, 0.717) is 12.0 Å². The van der Waals surface area contributed by atoms with E-state index in [1.165, 1.54) is 25.3 Å². The van der Waals surface area contributed by atoms with Crippen LogP contribution in [-0.2, 0) is 0 Å². The van der Waals surface area contributed by atoms with E-state index >= 15 is 0 Å². The lowest BCUT2D eigenvalue weighted by molar-refractivity contribution is 0.296. The molecule has 2 rings (SSSR count). The van der Waals surface area contributed by atoms with E-state index in [4.69, 9.17) is 5.73 Å². The molecule has 1 saturated carbocycles. The smallest absolute Gasteiger partial charge is 0.125 e. The number of hydrogen-bond donors (Lipinski definition) is 1. The molecule has 1 fully saturated rings. The van der Waals surface area contributed by atoms with Crippen molar-refractivity contribution in [1.82, 2.24) is 0 Å². The fourth-order valence-electron chi connectivity index (χ4n) is 3.35.